The number of pyridine rings is 1. The number of piperazine rings is 1. The van der Waals surface area contributed by atoms with Crippen LogP contribution in [0, 0.1) is 0 Å². The van der Waals surface area contributed by atoms with Crippen LogP contribution in [0.4, 0.5) is 5.82 Å². The molecule has 128 valence electrons. The zero-order chi connectivity index (χ0) is 16.8. The third kappa shape index (κ3) is 3.57. The van der Waals surface area contributed by atoms with Gasteiger partial charge in [-0.15, -0.1) is 0 Å². The lowest BCUT2D eigenvalue weighted by Crippen LogP contribution is -2.55. The molecule has 0 radical (unpaired) electrons. The molecule has 1 saturated heterocycles. The molecule has 4 rings (SSSR count). The average molecular weight is 343 g/mol. The predicted octanol–water partition coefficient (Wildman–Crippen LogP) is 0.467. The number of nitrogens with zero attached hydrogens (tertiary/aromatic N) is 2. The van der Waals surface area contributed by atoms with Crippen molar-refractivity contribution in [2.24, 2.45) is 0 Å². The maximum Gasteiger partial charge on any atom is 0.466 e. The van der Waals surface area contributed by atoms with Crippen LogP contribution >= 0.6 is 7.82 Å². The summed E-state index contributed by atoms with van der Waals surface area (Å²) in [5, 5.41) is 3.51. The number of nitrogens with one attached hydrogen (secondary N) is 1. The van der Waals surface area contributed by atoms with Crippen molar-refractivity contribution in [3.63, 3.8) is 0 Å². The molecule has 1 fully saturated rings. The van der Waals surface area contributed by atoms with Gasteiger partial charge in [0.1, 0.15) is 5.82 Å². The lowest BCUT2D eigenvalue weighted by atomic mass is 10.1. The number of anilines is 1. The topological polar surface area (TPSA) is 115 Å². The van der Waals surface area contributed by atoms with Gasteiger partial charge in [-0.25, -0.2) is 9.55 Å². The second kappa shape index (κ2) is 6.12. The third-order valence-corrected chi connectivity index (χ3v) is 4.45. The van der Waals surface area contributed by atoms with Gasteiger partial charge in [-0.3, -0.25) is 0 Å². The summed E-state index contributed by atoms with van der Waals surface area (Å²) in [4.78, 5) is 29.0. The molecular formula is C14H22N3O5P. The molecule has 4 N–H and O–H groups in total. The van der Waals surface area contributed by atoms with E-state index in [0.29, 0.717) is 12.1 Å². The number of fused-ring (bicyclic) bond motifs is 4. The summed E-state index contributed by atoms with van der Waals surface area (Å²) in [6.45, 7) is 7.25. The van der Waals surface area contributed by atoms with Gasteiger partial charge in [0.15, 0.2) is 0 Å². The largest absolute Gasteiger partial charge is 0.466 e. The van der Waals surface area contributed by atoms with Crippen molar-refractivity contribution in [1.29, 1.82) is 0 Å². The molecule has 0 saturated carbocycles. The summed E-state index contributed by atoms with van der Waals surface area (Å²) in [6.07, 6.45) is 1.28. The van der Waals surface area contributed by atoms with Gasteiger partial charge in [-0.1, -0.05) is 0 Å². The average Bonchev–Trinajstić information content (AvgIpc) is 2.96. The van der Waals surface area contributed by atoms with Crippen LogP contribution < -0.4 is 10.2 Å². The second-order valence-corrected chi connectivity index (χ2v) is 7.28. The Hall–Kier alpha value is -1.02. The maximum absolute atomic E-state index is 8.88. The predicted molar refractivity (Wildman–Crippen MR) is 84.0 cm³/mol. The van der Waals surface area contributed by atoms with Crippen LogP contribution in [0.25, 0.3) is 0 Å². The first-order valence-corrected chi connectivity index (χ1v) is 9.22. The van der Waals surface area contributed by atoms with E-state index in [1.807, 2.05) is 0 Å². The summed E-state index contributed by atoms with van der Waals surface area (Å²) < 4.78 is 14.6. The van der Waals surface area contributed by atoms with E-state index in [4.69, 9.17) is 29.0 Å². The van der Waals surface area contributed by atoms with E-state index in [1.54, 1.807) is 0 Å². The van der Waals surface area contributed by atoms with Crippen LogP contribution in [0.1, 0.15) is 36.8 Å². The minimum atomic E-state index is -4.64. The molecule has 23 heavy (non-hydrogen) atoms. The number of ether oxygens (including phenoxy) is 1. The normalized spacial score (nSPS) is 28.6. The Balaban J connectivity index is 0.000000276. The zero-order valence-corrected chi connectivity index (χ0v) is 14.0. The molecule has 0 spiro atoms. The lowest BCUT2D eigenvalue weighted by Gasteiger charge is -2.37. The van der Waals surface area contributed by atoms with E-state index in [0.717, 1.165) is 31.8 Å². The molecule has 4 heterocycles. The van der Waals surface area contributed by atoms with Gasteiger partial charge in [0.2, 0.25) is 0 Å². The molecule has 3 aliphatic rings. The van der Waals surface area contributed by atoms with Crippen molar-refractivity contribution < 1.29 is 24.0 Å². The molecule has 0 bridgehead atoms. The zero-order valence-electron chi connectivity index (χ0n) is 13.1. The summed E-state index contributed by atoms with van der Waals surface area (Å²) in [6, 6.07) is 3.45. The standard InChI is InChI=1S/C14H19N3O.H3O4P/c1-8-5-15-6-12-4-10-3-11-7-18-9(2)13(11)16-14(10)17(8)12;1-5(2,3)4/h3,8-9,12,15H,4-7H2,1-2H3;(H3,1,2,3,4)/t8-,9-,12-;/m1./s1. The van der Waals surface area contributed by atoms with Gasteiger partial charge in [0.25, 0.3) is 0 Å². The highest BCUT2D eigenvalue weighted by atomic mass is 31.2. The first kappa shape index (κ1) is 16.8. The second-order valence-electron chi connectivity index (χ2n) is 6.25. The third-order valence-electron chi connectivity index (χ3n) is 4.45. The van der Waals surface area contributed by atoms with Gasteiger partial charge < -0.3 is 29.6 Å². The smallest absolute Gasteiger partial charge is 0.367 e. The van der Waals surface area contributed by atoms with E-state index in [-0.39, 0.29) is 6.10 Å². The molecule has 0 aliphatic carbocycles. The molecule has 0 aromatic carbocycles. The molecular weight excluding hydrogens is 321 g/mol. The number of hydrogen-bond donors (Lipinski definition) is 4. The van der Waals surface area contributed by atoms with Crippen molar-refractivity contribution in [3.8, 4) is 0 Å². The first-order valence-electron chi connectivity index (χ1n) is 7.65. The van der Waals surface area contributed by atoms with Crippen LogP contribution in [0.15, 0.2) is 6.07 Å². The Bertz CT molecular complexity index is 641. The van der Waals surface area contributed by atoms with Crippen molar-refractivity contribution in [2.45, 2.75) is 45.1 Å². The molecule has 1 aromatic heterocycles. The van der Waals surface area contributed by atoms with Crippen LogP contribution in [0.5, 0.6) is 0 Å². The molecule has 8 nitrogen and oxygen atoms in total. The van der Waals surface area contributed by atoms with Gasteiger partial charge in [0, 0.05) is 30.7 Å². The summed E-state index contributed by atoms with van der Waals surface area (Å²) in [7, 11) is -4.64. The van der Waals surface area contributed by atoms with Crippen LogP contribution in [0.3, 0.4) is 0 Å². The molecule has 3 atom stereocenters. The fourth-order valence-electron chi connectivity index (χ4n) is 3.56. The molecule has 1 aromatic rings. The molecule has 0 amide bonds. The fourth-order valence-corrected chi connectivity index (χ4v) is 3.56. The number of rotatable bonds is 0. The molecule has 0 unspecified atom stereocenters. The van der Waals surface area contributed by atoms with E-state index in [9.17, 15) is 0 Å². The minimum Gasteiger partial charge on any atom is -0.367 e. The summed E-state index contributed by atoms with van der Waals surface area (Å²) in [5.74, 6) is 1.21. The SMILES string of the molecule is C[C@@H]1CNC[C@H]2Cc3cc4c(nc3N21)[C@@H](C)OC4.O=P(O)(O)O. The Morgan fingerprint density at radius 3 is 2.70 bits per heavy atom. The van der Waals surface area contributed by atoms with Gasteiger partial charge in [-0.2, -0.15) is 0 Å². The Labute approximate surface area is 134 Å². The van der Waals surface area contributed by atoms with E-state index >= 15 is 0 Å². The summed E-state index contributed by atoms with van der Waals surface area (Å²) in [5.41, 5.74) is 3.86. The van der Waals surface area contributed by atoms with E-state index < -0.39 is 7.82 Å². The van der Waals surface area contributed by atoms with Gasteiger partial charge in [-0.05, 0) is 31.9 Å². The number of phosphoric acid groups is 1. The highest BCUT2D eigenvalue weighted by molar-refractivity contribution is 7.45. The molecule has 9 heteroatoms. The van der Waals surface area contributed by atoms with E-state index in [1.165, 1.54) is 16.9 Å². The van der Waals surface area contributed by atoms with Crippen molar-refractivity contribution in [3.05, 3.63) is 22.9 Å². The highest BCUT2D eigenvalue weighted by Gasteiger charge is 2.38. The maximum atomic E-state index is 8.88. The van der Waals surface area contributed by atoms with Crippen molar-refractivity contribution in [2.75, 3.05) is 18.0 Å². The summed E-state index contributed by atoms with van der Waals surface area (Å²) >= 11 is 0. The monoisotopic (exact) mass is 343 g/mol. The Kier molecular flexibility index (Phi) is 4.48. The Morgan fingerprint density at radius 1 is 1.30 bits per heavy atom. The van der Waals surface area contributed by atoms with Crippen LogP contribution in [0.2, 0.25) is 0 Å². The van der Waals surface area contributed by atoms with Crippen LogP contribution in [-0.4, -0.2) is 44.8 Å². The van der Waals surface area contributed by atoms with E-state index in [2.05, 4.69) is 30.1 Å². The number of aromatic nitrogens is 1. The lowest BCUT2D eigenvalue weighted by molar-refractivity contribution is 0.0779. The van der Waals surface area contributed by atoms with Crippen molar-refractivity contribution in [1.82, 2.24) is 10.3 Å². The van der Waals surface area contributed by atoms with Gasteiger partial charge in [0.05, 0.1) is 18.4 Å². The van der Waals surface area contributed by atoms with Crippen molar-refractivity contribution >= 4 is 13.6 Å². The Morgan fingerprint density at radius 2 is 2.00 bits per heavy atom. The van der Waals surface area contributed by atoms with Gasteiger partial charge >= 0.3 is 7.82 Å². The first-order chi connectivity index (χ1) is 10.7. The number of hydrogen-bond acceptors (Lipinski definition) is 5. The van der Waals surface area contributed by atoms with Crippen LogP contribution in [-0.2, 0) is 22.3 Å². The molecule has 3 aliphatic heterocycles. The minimum absolute atomic E-state index is 0.155. The fraction of sp³-hybridized carbons (Fsp3) is 0.643. The highest BCUT2D eigenvalue weighted by Crippen LogP contribution is 2.38. The quantitative estimate of drug-likeness (QED) is 0.503.